The molecular formula is C33H22N2. The third-order valence-corrected chi connectivity index (χ3v) is 6.84. The van der Waals surface area contributed by atoms with Crippen molar-refractivity contribution in [3.8, 4) is 28.1 Å². The van der Waals surface area contributed by atoms with Crippen LogP contribution in [0.1, 0.15) is 0 Å². The molecule has 0 amide bonds. The van der Waals surface area contributed by atoms with Gasteiger partial charge in [-0.3, -0.25) is 4.57 Å². The van der Waals surface area contributed by atoms with Gasteiger partial charge in [0.15, 0.2) is 0 Å². The Balaban J connectivity index is 1.47. The van der Waals surface area contributed by atoms with Crippen molar-refractivity contribution in [3.05, 3.63) is 134 Å². The lowest BCUT2D eigenvalue weighted by atomic mass is 9.99. The average molecular weight is 447 g/mol. The van der Waals surface area contributed by atoms with Gasteiger partial charge < -0.3 is 0 Å². The van der Waals surface area contributed by atoms with Crippen LogP contribution in [0.15, 0.2) is 134 Å². The van der Waals surface area contributed by atoms with Crippen molar-refractivity contribution in [1.29, 1.82) is 0 Å². The summed E-state index contributed by atoms with van der Waals surface area (Å²) in [7, 11) is 0. The summed E-state index contributed by atoms with van der Waals surface area (Å²) in [6, 6.07) is 45.2. The van der Waals surface area contributed by atoms with Crippen LogP contribution in [0.4, 0.5) is 0 Å². The van der Waals surface area contributed by atoms with Gasteiger partial charge in [-0.1, -0.05) is 103 Å². The maximum atomic E-state index is 4.86. The number of rotatable bonds is 3. The van der Waals surface area contributed by atoms with Crippen molar-refractivity contribution >= 4 is 32.6 Å². The highest BCUT2D eigenvalue weighted by molar-refractivity contribution is 6.18. The largest absolute Gasteiger partial charge is 0.293 e. The fourth-order valence-electron chi connectivity index (χ4n) is 5.20. The monoisotopic (exact) mass is 446 g/mol. The second-order valence-corrected chi connectivity index (χ2v) is 8.88. The lowest BCUT2D eigenvalue weighted by Crippen LogP contribution is -1.98. The summed E-state index contributed by atoms with van der Waals surface area (Å²) < 4.78 is 2.32. The predicted octanol–water partition coefficient (Wildman–Crippen LogP) is 8.67. The van der Waals surface area contributed by atoms with Crippen molar-refractivity contribution in [2.45, 2.75) is 0 Å². The molecule has 2 heteroatoms. The van der Waals surface area contributed by atoms with Gasteiger partial charge in [0.2, 0.25) is 0 Å². The Kier molecular flexibility index (Phi) is 4.49. The zero-order valence-electron chi connectivity index (χ0n) is 19.1. The molecule has 0 aliphatic rings. The molecule has 0 saturated carbocycles. The van der Waals surface area contributed by atoms with Gasteiger partial charge >= 0.3 is 0 Å². The maximum absolute atomic E-state index is 4.86. The summed E-state index contributed by atoms with van der Waals surface area (Å²) in [6.07, 6.45) is 1.92. The van der Waals surface area contributed by atoms with Gasteiger partial charge in [-0.25, -0.2) is 4.98 Å². The van der Waals surface area contributed by atoms with Gasteiger partial charge in [-0.2, -0.15) is 0 Å². The average Bonchev–Trinajstić information content (AvgIpc) is 3.29. The Morgan fingerprint density at radius 1 is 0.457 bits per heavy atom. The van der Waals surface area contributed by atoms with Crippen molar-refractivity contribution < 1.29 is 0 Å². The van der Waals surface area contributed by atoms with Crippen molar-refractivity contribution in [3.63, 3.8) is 0 Å². The summed E-state index contributed by atoms with van der Waals surface area (Å²) in [4.78, 5) is 4.86. The Morgan fingerprint density at radius 2 is 1.14 bits per heavy atom. The molecule has 0 aliphatic carbocycles. The van der Waals surface area contributed by atoms with E-state index in [1.807, 2.05) is 6.20 Å². The van der Waals surface area contributed by atoms with Crippen molar-refractivity contribution in [2.24, 2.45) is 0 Å². The molecule has 164 valence electrons. The van der Waals surface area contributed by atoms with E-state index in [4.69, 9.17) is 4.98 Å². The van der Waals surface area contributed by atoms with Crippen LogP contribution in [0.5, 0.6) is 0 Å². The molecule has 0 fully saturated rings. The zero-order valence-corrected chi connectivity index (χ0v) is 19.1. The Morgan fingerprint density at radius 3 is 2.03 bits per heavy atom. The molecule has 2 aromatic heterocycles. The van der Waals surface area contributed by atoms with Gasteiger partial charge in [0, 0.05) is 22.4 Å². The van der Waals surface area contributed by atoms with Crippen LogP contribution in [-0.4, -0.2) is 9.55 Å². The molecule has 35 heavy (non-hydrogen) atoms. The molecule has 0 saturated heterocycles. The topological polar surface area (TPSA) is 17.8 Å². The van der Waals surface area contributed by atoms with Crippen LogP contribution >= 0.6 is 0 Å². The van der Waals surface area contributed by atoms with Crippen molar-refractivity contribution in [1.82, 2.24) is 9.55 Å². The normalized spacial score (nSPS) is 11.4. The van der Waals surface area contributed by atoms with Gasteiger partial charge in [0.05, 0.1) is 11.0 Å². The van der Waals surface area contributed by atoms with Crippen LogP contribution in [0.3, 0.4) is 0 Å². The summed E-state index contributed by atoms with van der Waals surface area (Å²) in [5, 5.41) is 4.96. The summed E-state index contributed by atoms with van der Waals surface area (Å²) >= 11 is 0. The number of fused-ring (bicyclic) bond motifs is 5. The first-order chi connectivity index (χ1) is 17.4. The predicted molar refractivity (Wildman–Crippen MR) is 147 cm³/mol. The number of hydrogen-bond donors (Lipinski definition) is 0. The summed E-state index contributed by atoms with van der Waals surface area (Å²) in [5.41, 5.74) is 7.13. The number of hydrogen-bond acceptors (Lipinski definition) is 1. The second kappa shape index (κ2) is 7.96. The van der Waals surface area contributed by atoms with Crippen LogP contribution in [-0.2, 0) is 0 Å². The Hall–Kier alpha value is -4.69. The molecule has 0 atom stereocenters. The van der Waals surface area contributed by atoms with Crippen LogP contribution < -0.4 is 0 Å². The molecule has 0 aliphatic heterocycles. The number of para-hydroxylation sites is 1. The van der Waals surface area contributed by atoms with Crippen LogP contribution in [0, 0.1) is 0 Å². The molecular weight excluding hydrogens is 424 g/mol. The number of pyridine rings is 1. The highest BCUT2D eigenvalue weighted by atomic mass is 15.1. The standard InChI is InChI=1S/C33H22N2/c1-2-9-23(10-3-1)25-12-8-13-26(21-25)27-19-20-34-32(22-27)35-31-16-7-6-15-29(31)30-18-17-24-11-4-5-14-28(24)33(30)35/h1-22H. The highest BCUT2D eigenvalue weighted by Gasteiger charge is 2.15. The molecule has 0 bridgehead atoms. The van der Waals surface area contributed by atoms with Crippen molar-refractivity contribution in [2.75, 3.05) is 0 Å². The first-order valence-electron chi connectivity index (χ1n) is 11.9. The van der Waals surface area contributed by atoms with Crippen LogP contribution in [0.25, 0.3) is 60.6 Å². The first-order valence-corrected chi connectivity index (χ1v) is 11.9. The molecule has 2 heterocycles. The van der Waals surface area contributed by atoms with E-state index in [9.17, 15) is 0 Å². The first kappa shape index (κ1) is 19.7. The smallest absolute Gasteiger partial charge is 0.138 e. The summed E-state index contributed by atoms with van der Waals surface area (Å²) in [5.74, 6) is 0.926. The van der Waals surface area contributed by atoms with E-state index in [1.165, 1.54) is 49.3 Å². The SMILES string of the molecule is c1ccc(-c2cccc(-c3ccnc(-n4c5ccccc5c5ccc6ccccc6c54)c3)c2)cc1. The van der Waals surface area contributed by atoms with E-state index in [1.54, 1.807) is 0 Å². The number of benzene rings is 5. The minimum Gasteiger partial charge on any atom is -0.293 e. The van der Waals surface area contributed by atoms with E-state index in [0.29, 0.717) is 0 Å². The molecule has 7 aromatic rings. The molecule has 0 N–H and O–H groups in total. The van der Waals surface area contributed by atoms with Gasteiger partial charge in [0.25, 0.3) is 0 Å². The van der Waals surface area contributed by atoms with E-state index in [2.05, 4.69) is 132 Å². The third-order valence-electron chi connectivity index (χ3n) is 6.84. The van der Waals surface area contributed by atoms with Gasteiger partial charge in [-0.05, 0) is 51.9 Å². The number of aromatic nitrogens is 2. The Labute approximate surface area is 203 Å². The maximum Gasteiger partial charge on any atom is 0.138 e. The van der Waals surface area contributed by atoms with Gasteiger partial charge in [0.1, 0.15) is 5.82 Å². The zero-order chi connectivity index (χ0) is 23.2. The van der Waals surface area contributed by atoms with E-state index < -0.39 is 0 Å². The molecule has 2 nitrogen and oxygen atoms in total. The molecule has 5 aromatic carbocycles. The Bertz CT molecular complexity index is 1840. The summed E-state index contributed by atoms with van der Waals surface area (Å²) in [6.45, 7) is 0. The fourth-order valence-corrected chi connectivity index (χ4v) is 5.20. The molecule has 0 radical (unpaired) electrons. The molecule has 7 rings (SSSR count). The fraction of sp³-hybridized carbons (Fsp3) is 0. The lowest BCUT2D eigenvalue weighted by molar-refractivity contribution is 1.08. The minimum absolute atomic E-state index is 0.926. The van der Waals surface area contributed by atoms with E-state index in [-0.39, 0.29) is 0 Å². The van der Waals surface area contributed by atoms with Crippen LogP contribution in [0.2, 0.25) is 0 Å². The highest BCUT2D eigenvalue weighted by Crippen LogP contribution is 2.36. The number of nitrogens with zero attached hydrogens (tertiary/aromatic N) is 2. The second-order valence-electron chi connectivity index (χ2n) is 8.88. The lowest BCUT2D eigenvalue weighted by Gasteiger charge is -2.11. The van der Waals surface area contributed by atoms with E-state index in [0.717, 1.165) is 11.4 Å². The quantitative estimate of drug-likeness (QED) is 0.265. The van der Waals surface area contributed by atoms with Gasteiger partial charge in [-0.15, -0.1) is 0 Å². The molecule has 0 unspecified atom stereocenters. The third kappa shape index (κ3) is 3.23. The minimum atomic E-state index is 0.926. The molecule has 0 spiro atoms. The van der Waals surface area contributed by atoms with E-state index >= 15 is 0 Å².